The fourth-order valence-corrected chi connectivity index (χ4v) is 5.16. The lowest BCUT2D eigenvalue weighted by molar-refractivity contribution is -0.116. The summed E-state index contributed by atoms with van der Waals surface area (Å²) >= 11 is 6.35. The lowest BCUT2D eigenvalue weighted by Crippen LogP contribution is -2.37. The first-order chi connectivity index (χ1) is 17.6. The Bertz CT molecular complexity index is 1390. The van der Waals surface area contributed by atoms with Crippen LogP contribution < -0.4 is 21.7 Å². The van der Waals surface area contributed by atoms with E-state index in [1.807, 2.05) is 0 Å². The third-order valence-electron chi connectivity index (χ3n) is 6.57. The van der Waals surface area contributed by atoms with Crippen LogP contribution in [-0.4, -0.2) is 42.2 Å². The minimum atomic E-state index is -2.61. The first-order valence-electron chi connectivity index (χ1n) is 11.4. The zero-order valence-corrected chi connectivity index (χ0v) is 20.2. The average Bonchev–Trinajstić information content (AvgIpc) is 3.34. The summed E-state index contributed by atoms with van der Waals surface area (Å²) in [5.41, 5.74) is 7.83. The number of para-hydroxylation sites is 2. The molecule has 3 atom stereocenters. The molecule has 12 heteroatoms. The maximum atomic E-state index is 14.2. The molecule has 8 nitrogen and oxygen atoms in total. The van der Waals surface area contributed by atoms with Gasteiger partial charge in [0.2, 0.25) is 6.43 Å². The van der Waals surface area contributed by atoms with Gasteiger partial charge in [0, 0.05) is 41.2 Å². The summed E-state index contributed by atoms with van der Waals surface area (Å²) in [6.07, 6.45) is -1.50. The Morgan fingerprint density at radius 3 is 2.73 bits per heavy atom. The number of nitrogen functional groups attached to an aromatic ring is 1. The lowest BCUT2D eigenvalue weighted by Gasteiger charge is -2.28. The number of amides is 3. The van der Waals surface area contributed by atoms with Crippen molar-refractivity contribution in [1.29, 1.82) is 0 Å². The second kappa shape index (κ2) is 9.47. The normalized spacial score (nSPS) is 22.4. The van der Waals surface area contributed by atoms with E-state index in [9.17, 15) is 22.8 Å². The van der Waals surface area contributed by atoms with Crippen LogP contribution >= 0.6 is 11.6 Å². The Labute approximate surface area is 215 Å². The SMILES string of the molecule is CN1N=C2C3=C(C(NC(=O)Nc4ccccc4N)=CC2C1CC(F)F)C(c1cc(F)ccc1Cl)NC3=O. The highest BCUT2D eigenvalue weighted by Crippen LogP contribution is 2.44. The van der Waals surface area contributed by atoms with Crippen LogP contribution in [-0.2, 0) is 4.79 Å². The Balaban J connectivity index is 1.58. The van der Waals surface area contributed by atoms with Crippen molar-refractivity contribution in [3.05, 3.63) is 81.8 Å². The number of nitrogens with two attached hydrogens (primary N) is 1. The number of carbonyl (C=O) groups excluding carboxylic acids is 2. The fourth-order valence-electron chi connectivity index (χ4n) is 4.93. The number of urea groups is 1. The first-order valence-corrected chi connectivity index (χ1v) is 11.8. The van der Waals surface area contributed by atoms with Crippen molar-refractivity contribution in [3.8, 4) is 0 Å². The summed E-state index contributed by atoms with van der Waals surface area (Å²) in [6.45, 7) is 0. The topological polar surface area (TPSA) is 112 Å². The number of fused-ring (bicyclic) bond motifs is 2. The number of rotatable bonds is 5. The number of hydrogen-bond acceptors (Lipinski definition) is 5. The first kappa shape index (κ1) is 24.7. The number of nitrogens with zero attached hydrogens (tertiary/aromatic N) is 2. The van der Waals surface area contributed by atoms with E-state index in [1.165, 1.54) is 23.2 Å². The highest BCUT2D eigenvalue weighted by molar-refractivity contribution is 6.32. The van der Waals surface area contributed by atoms with Crippen molar-refractivity contribution < 1.29 is 22.8 Å². The van der Waals surface area contributed by atoms with Crippen LogP contribution in [0.2, 0.25) is 5.02 Å². The van der Waals surface area contributed by atoms with E-state index in [0.29, 0.717) is 22.7 Å². The number of hydrazone groups is 1. The molecule has 0 fully saturated rings. The summed E-state index contributed by atoms with van der Waals surface area (Å²) in [5.74, 6) is -1.79. The molecule has 0 bridgehead atoms. The van der Waals surface area contributed by atoms with Crippen LogP contribution in [0.25, 0.3) is 0 Å². The van der Waals surface area contributed by atoms with E-state index >= 15 is 0 Å². The van der Waals surface area contributed by atoms with E-state index in [-0.39, 0.29) is 21.9 Å². The summed E-state index contributed by atoms with van der Waals surface area (Å²) in [7, 11) is 1.55. The second-order valence-electron chi connectivity index (χ2n) is 8.89. The lowest BCUT2D eigenvalue weighted by atomic mass is 9.80. The van der Waals surface area contributed by atoms with E-state index in [1.54, 1.807) is 37.4 Å². The van der Waals surface area contributed by atoms with Crippen LogP contribution in [0.3, 0.4) is 0 Å². The molecule has 2 aromatic carbocycles. The highest BCUT2D eigenvalue weighted by Gasteiger charge is 2.48. The van der Waals surface area contributed by atoms with Crippen molar-refractivity contribution in [1.82, 2.24) is 15.6 Å². The Morgan fingerprint density at radius 1 is 1.24 bits per heavy atom. The molecule has 0 aromatic heterocycles. The van der Waals surface area contributed by atoms with Gasteiger partial charge in [-0.3, -0.25) is 9.80 Å². The molecule has 2 aliphatic heterocycles. The zero-order valence-electron chi connectivity index (χ0n) is 19.4. The average molecular weight is 531 g/mol. The number of halogens is 4. The van der Waals surface area contributed by atoms with Crippen molar-refractivity contribution in [2.75, 3.05) is 18.1 Å². The molecule has 2 heterocycles. The van der Waals surface area contributed by atoms with E-state index < -0.39 is 48.6 Å². The molecule has 0 spiro atoms. The van der Waals surface area contributed by atoms with Gasteiger partial charge in [0.25, 0.3) is 5.91 Å². The molecule has 3 aliphatic rings. The highest BCUT2D eigenvalue weighted by atomic mass is 35.5. The Morgan fingerprint density at radius 2 is 2.00 bits per heavy atom. The molecular formula is C25H22ClF3N6O2. The molecule has 37 heavy (non-hydrogen) atoms. The number of carbonyl (C=O) groups is 2. The molecule has 0 saturated heterocycles. The molecular weight excluding hydrogens is 509 g/mol. The molecule has 1 aliphatic carbocycles. The summed E-state index contributed by atoms with van der Waals surface area (Å²) in [5, 5.41) is 14.2. The number of alkyl halides is 2. The van der Waals surface area contributed by atoms with Crippen molar-refractivity contribution in [3.63, 3.8) is 0 Å². The van der Waals surface area contributed by atoms with Gasteiger partial charge in [-0.05, 0) is 36.4 Å². The number of nitrogens with one attached hydrogen (secondary N) is 3. The number of hydrogen-bond donors (Lipinski definition) is 4. The third kappa shape index (κ3) is 4.50. The van der Waals surface area contributed by atoms with Gasteiger partial charge < -0.3 is 21.7 Å². The molecule has 3 unspecified atom stereocenters. The van der Waals surface area contributed by atoms with Crippen LogP contribution in [0.5, 0.6) is 0 Å². The molecule has 2 aromatic rings. The summed E-state index contributed by atoms with van der Waals surface area (Å²) in [6, 6.07) is 8.06. The van der Waals surface area contributed by atoms with E-state index in [0.717, 1.165) is 0 Å². The predicted octanol–water partition coefficient (Wildman–Crippen LogP) is 4.19. The van der Waals surface area contributed by atoms with E-state index in [2.05, 4.69) is 21.1 Å². The molecule has 0 saturated carbocycles. The van der Waals surface area contributed by atoms with E-state index in [4.69, 9.17) is 17.3 Å². The van der Waals surface area contributed by atoms with Crippen molar-refractivity contribution in [2.45, 2.75) is 24.9 Å². The summed E-state index contributed by atoms with van der Waals surface area (Å²) < 4.78 is 40.9. The maximum absolute atomic E-state index is 14.2. The molecule has 5 rings (SSSR count). The predicted molar refractivity (Wildman–Crippen MR) is 134 cm³/mol. The number of anilines is 2. The van der Waals surface area contributed by atoms with Gasteiger partial charge in [0.05, 0.1) is 34.7 Å². The minimum Gasteiger partial charge on any atom is -0.397 e. The van der Waals surface area contributed by atoms with Gasteiger partial charge >= 0.3 is 6.03 Å². The zero-order chi connectivity index (χ0) is 26.4. The summed E-state index contributed by atoms with van der Waals surface area (Å²) in [4.78, 5) is 26.2. The smallest absolute Gasteiger partial charge is 0.323 e. The van der Waals surface area contributed by atoms with Gasteiger partial charge in [-0.1, -0.05) is 23.7 Å². The fraction of sp³-hybridized carbons (Fsp3) is 0.240. The van der Waals surface area contributed by atoms with Crippen molar-refractivity contribution in [2.24, 2.45) is 11.0 Å². The van der Waals surface area contributed by atoms with Crippen LogP contribution in [0.4, 0.5) is 29.3 Å². The molecule has 3 amide bonds. The minimum absolute atomic E-state index is 0.135. The molecule has 5 N–H and O–H groups in total. The van der Waals surface area contributed by atoms with Crippen LogP contribution in [0.15, 0.2) is 70.5 Å². The standard InChI is InChI=1S/C25H22ClF3N6O2/c1-35-18(10-19(28)29)13-9-17(32-25(37)31-16-5-3-2-4-15(16)30)20-21(23(13)34-35)24(36)33-22(20)12-8-11(27)6-7-14(12)26/h2-9,13,18-19,22H,10,30H2,1H3,(H,33,36)(H2,31,32,37). The Kier molecular flexibility index (Phi) is 6.32. The number of benzene rings is 2. The maximum Gasteiger partial charge on any atom is 0.323 e. The van der Waals surface area contributed by atoms with Gasteiger partial charge in [0.1, 0.15) is 5.82 Å². The van der Waals surface area contributed by atoms with Gasteiger partial charge in [-0.2, -0.15) is 5.10 Å². The van der Waals surface area contributed by atoms with Gasteiger partial charge in [0.15, 0.2) is 0 Å². The van der Waals surface area contributed by atoms with Gasteiger partial charge in [-0.25, -0.2) is 18.0 Å². The largest absolute Gasteiger partial charge is 0.397 e. The Hall–Kier alpha value is -3.99. The van der Waals surface area contributed by atoms with Crippen LogP contribution in [0, 0.1) is 11.7 Å². The molecule has 192 valence electrons. The second-order valence-corrected chi connectivity index (χ2v) is 9.29. The molecule has 0 radical (unpaired) electrons. The third-order valence-corrected chi connectivity index (χ3v) is 6.92. The quantitative estimate of drug-likeness (QED) is 0.434. The van der Waals surface area contributed by atoms with Crippen LogP contribution in [0.1, 0.15) is 18.0 Å². The monoisotopic (exact) mass is 530 g/mol. The van der Waals surface area contributed by atoms with Crippen molar-refractivity contribution >= 4 is 40.6 Å². The van der Waals surface area contributed by atoms with Gasteiger partial charge in [-0.15, -0.1) is 0 Å².